The first-order valence-corrected chi connectivity index (χ1v) is 25.1. The Balaban J connectivity index is 1.03. The van der Waals surface area contributed by atoms with Crippen molar-refractivity contribution in [3.63, 3.8) is 0 Å². The first-order chi connectivity index (χ1) is 34.7. The minimum atomic E-state index is -0.537. The van der Waals surface area contributed by atoms with Gasteiger partial charge in [0.25, 0.3) is 0 Å². The van der Waals surface area contributed by atoms with Gasteiger partial charge in [0.1, 0.15) is 0 Å². The van der Waals surface area contributed by atoms with Gasteiger partial charge in [0.2, 0.25) is 0 Å². The molecule has 0 bridgehead atoms. The van der Waals surface area contributed by atoms with Crippen LogP contribution in [0.25, 0.3) is 53.6 Å². The number of hydrogen-bond acceptors (Lipinski definition) is 2. The summed E-state index contributed by atoms with van der Waals surface area (Å²) in [7, 11) is 0. The van der Waals surface area contributed by atoms with Crippen molar-refractivity contribution in [2.45, 2.75) is 10.8 Å². The maximum Gasteiger partial charge on any atom is 0.0714 e. The highest BCUT2D eigenvalue weighted by molar-refractivity contribution is 7.26. The molecule has 14 rings (SSSR count). The van der Waals surface area contributed by atoms with Crippen molar-refractivity contribution in [3.8, 4) is 33.4 Å². The van der Waals surface area contributed by atoms with Gasteiger partial charge < -0.3 is 4.90 Å². The van der Waals surface area contributed by atoms with Gasteiger partial charge in [0.15, 0.2) is 0 Å². The highest BCUT2D eigenvalue weighted by atomic mass is 32.1. The number of nitrogens with zero attached hydrogens (tertiary/aromatic N) is 1. The van der Waals surface area contributed by atoms with Gasteiger partial charge in [-0.05, 0) is 109 Å². The van der Waals surface area contributed by atoms with Gasteiger partial charge in [-0.3, -0.25) is 0 Å². The molecule has 0 saturated carbocycles. The summed E-state index contributed by atoms with van der Waals surface area (Å²) in [6.07, 6.45) is 0. The van der Waals surface area contributed by atoms with Crippen LogP contribution in [0.15, 0.2) is 273 Å². The van der Waals surface area contributed by atoms with E-state index in [0.29, 0.717) is 0 Å². The van der Waals surface area contributed by atoms with Gasteiger partial charge in [-0.25, -0.2) is 0 Å². The highest BCUT2D eigenvalue weighted by Crippen LogP contribution is 2.61. The SMILES string of the molecule is c1ccc(C2(c3ccccc3)c3ccccc3-c3cc(N(c4ccc(-c5cccc6c5sc5ccccc56)cc4)c4cccc5c4-c4ccccc4C5(c4ccccc4)c4ccccc4)ccc32)cc1. The topological polar surface area (TPSA) is 3.24 Å². The molecule has 2 aliphatic rings. The van der Waals surface area contributed by atoms with Gasteiger partial charge in [-0.1, -0.05) is 237 Å². The van der Waals surface area contributed by atoms with E-state index in [0.717, 1.165) is 17.1 Å². The summed E-state index contributed by atoms with van der Waals surface area (Å²) >= 11 is 1.88. The third-order valence-corrected chi connectivity index (χ3v) is 16.5. The van der Waals surface area contributed by atoms with Crippen molar-refractivity contribution in [2.24, 2.45) is 0 Å². The molecule has 70 heavy (non-hydrogen) atoms. The third-order valence-electron chi connectivity index (χ3n) is 15.2. The maximum atomic E-state index is 2.53. The lowest BCUT2D eigenvalue weighted by Gasteiger charge is -2.35. The molecule has 2 heteroatoms. The highest BCUT2D eigenvalue weighted by Gasteiger charge is 2.48. The molecule has 1 nitrogen and oxygen atoms in total. The maximum absolute atomic E-state index is 2.53. The molecule has 0 N–H and O–H groups in total. The van der Waals surface area contributed by atoms with E-state index in [1.807, 2.05) is 11.3 Å². The number of thiophene rings is 1. The number of rotatable bonds is 8. The minimum Gasteiger partial charge on any atom is -0.310 e. The summed E-state index contributed by atoms with van der Waals surface area (Å²) in [5.74, 6) is 0. The van der Waals surface area contributed by atoms with Crippen molar-refractivity contribution in [3.05, 3.63) is 317 Å². The van der Waals surface area contributed by atoms with Gasteiger partial charge in [-0.2, -0.15) is 0 Å². The van der Waals surface area contributed by atoms with Crippen molar-refractivity contribution >= 4 is 48.6 Å². The molecule has 0 radical (unpaired) electrons. The Labute approximate surface area is 412 Å². The summed E-state index contributed by atoms with van der Waals surface area (Å²) in [5, 5.41) is 2.62. The molecule has 1 heterocycles. The molecule has 1 aromatic heterocycles. The Kier molecular flexibility index (Phi) is 9.27. The fourth-order valence-corrected chi connectivity index (χ4v) is 13.7. The van der Waals surface area contributed by atoms with E-state index in [1.54, 1.807) is 0 Å². The van der Waals surface area contributed by atoms with E-state index in [4.69, 9.17) is 0 Å². The number of hydrogen-bond donors (Lipinski definition) is 0. The van der Waals surface area contributed by atoms with Crippen molar-refractivity contribution < 1.29 is 0 Å². The smallest absolute Gasteiger partial charge is 0.0714 e. The number of fused-ring (bicyclic) bond motifs is 9. The van der Waals surface area contributed by atoms with Gasteiger partial charge in [0.05, 0.1) is 16.5 Å². The predicted octanol–water partition coefficient (Wildman–Crippen LogP) is 17.9. The summed E-state index contributed by atoms with van der Waals surface area (Å²) in [6.45, 7) is 0. The van der Waals surface area contributed by atoms with Crippen molar-refractivity contribution in [1.29, 1.82) is 0 Å². The van der Waals surface area contributed by atoms with Crippen LogP contribution >= 0.6 is 11.3 Å². The fourth-order valence-electron chi connectivity index (χ4n) is 12.4. The second-order valence-electron chi connectivity index (χ2n) is 18.6. The Hall–Kier alpha value is -8.56. The van der Waals surface area contributed by atoms with Crippen molar-refractivity contribution in [2.75, 3.05) is 4.90 Å². The van der Waals surface area contributed by atoms with Crippen LogP contribution in [0.4, 0.5) is 17.1 Å². The van der Waals surface area contributed by atoms with Crippen LogP contribution in [0.2, 0.25) is 0 Å². The Bertz CT molecular complexity index is 3850. The van der Waals surface area contributed by atoms with Crippen LogP contribution in [0.5, 0.6) is 0 Å². The van der Waals surface area contributed by atoms with Crippen LogP contribution in [0, 0.1) is 0 Å². The van der Waals surface area contributed by atoms with Crippen LogP contribution in [0.1, 0.15) is 44.5 Å². The molecule has 0 amide bonds. The molecule has 2 aliphatic carbocycles. The molecule has 11 aromatic carbocycles. The minimum absolute atomic E-state index is 0.495. The van der Waals surface area contributed by atoms with E-state index >= 15 is 0 Å². The molecule has 0 aliphatic heterocycles. The second-order valence-corrected chi connectivity index (χ2v) is 19.7. The van der Waals surface area contributed by atoms with Crippen LogP contribution in [-0.4, -0.2) is 0 Å². The Morgan fingerprint density at radius 1 is 0.300 bits per heavy atom. The van der Waals surface area contributed by atoms with E-state index in [-0.39, 0.29) is 0 Å². The lowest BCUT2D eigenvalue weighted by Crippen LogP contribution is -2.28. The summed E-state index contributed by atoms with van der Waals surface area (Å²) < 4.78 is 2.64. The van der Waals surface area contributed by atoms with Crippen molar-refractivity contribution in [1.82, 2.24) is 0 Å². The van der Waals surface area contributed by atoms with E-state index in [1.165, 1.54) is 98.1 Å². The first-order valence-electron chi connectivity index (χ1n) is 24.3. The third kappa shape index (κ3) is 5.78. The number of benzene rings is 11. The average molecular weight is 908 g/mol. The molecule has 0 atom stereocenters. The fraction of sp³-hybridized carbons (Fsp3) is 0.0294. The van der Waals surface area contributed by atoms with Crippen LogP contribution < -0.4 is 4.90 Å². The van der Waals surface area contributed by atoms with E-state index in [9.17, 15) is 0 Å². The Morgan fingerprint density at radius 2 is 0.757 bits per heavy atom. The molecule has 0 spiro atoms. The zero-order valence-corrected chi connectivity index (χ0v) is 39.2. The molecule has 328 valence electrons. The average Bonchev–Trinajstić information content (AvgIpc) is 4.08. The molecular weight excluding hydrogens is 863 g/mol. The molecule has 0 unspecified atom stereocenters. The molecule has 12 aromatic rings. The zero-order chi connectivity index (χ0) is 46.2. The summed E-state index contributed by atoms with van der Waals surface area (Å²) in [6, 6.07) is 102. The van der Waals surface area contributed by atoms with Gasteiger partial charge in [-0.15, -0.1) is 11.3 Å². The molecular formula is C68H45NS. The lowest BCUT2D eigenvalue weighted by atomic mass is 9.67. The van der Waals surface area contributed by atoms with Crippen LogP contribution in [-0.2, 0) is 10.8 Å². The summed E-state index contributed by atoms with van der Waals surface area (Å²) in [4.78, 5) is 2.53. The van der Waals surface area contributed by atoms with Gasteiger partial charge in [0, 0.05) is 37.1 Å². The first kappa shape index (κ1) is 40.5. The summed E-state index contributed by atoms with van der Waals surface area (Å²) in [5.41, 5.74) is 20.0. The normalized spacial score (nSPS) is 13.7. The van der Waals surface area contributed by atoms with Crippen LogP contribution in [0.3, 0.4) is 0 Å². The quantitative estimate of drug-likeness (QED) is 0.147. The lowest BCUT2D eigenvalue weighted by molar-refractivity contribution is 0.768. The molecule has 0 saturated heterocycles. The largest absolute Gasteiger partial charge is 0.310 e. The monoisotopic (exact) mass is 907 g/mol. The standard InChI is InChI=1S/C68H45NS/c1-5-21-47(22-6-1)67(48-23-7-2-8-24-48)59-34-16-13-29-54(59)58-45-52(43-44-61(58)67)69(51-41-39-46(40-42-51)53-32-19-33-56-55-30-15-18-38-64(55)70-66(53)56)63-37-20-36-62-65(63)57-31-14-17-35-60(57)68(62,49-25-9-3-10-26-49)50-27-11-4-12-28-50/h1-45H. The Morgan fingerprint density at radius 3 is 1.40 bits per heavy atom. The molecule has 0 fully saturated rings. The predicted molar refractivity (Wildman–Crippen MR) is 294 cm³/mol. The zero-order valence-electron chi connectivity index (χ0n) is 38.3. The van der Waals surface area contributed by atoms with E-state index < -0.39 is 10.8 Å². The number of anilines is 3. The second kappa shape index (κ2) is 16.0. The van der Waals surface area contributed by atoms with E-state index in [2.05, 4.69) is 278 Å². The van der Waals surface area contributed by atoms with Gasteiger partial charge >= 0.3 is 0 Å².